The molecule has 4 aromatic carbocycles. The maximum absolute atomic E-state index is 6.58. The Labute approximate surface area is 286 Å². The van der Waals surface area contributed by atoms with E-state index in [4.69, 9.17) is 20.4 Å². The maximum atomic E-state index is 6.58. The molecule has 1 aliphatic carbocycles. The Hall–Kier alpha value is -4.96. The molecular weight excluding hydrogens is 587 g/mol. The zero-order valence-electron chi connectivity index (χ0n) is 29.3. The molecule has 4 nitrogen and oxygen atoms in total. The summed E-state index contributed by atoms with van der Waals surface area (Å²) in [7, 11) is 0. The third kappa shape index (κ3) is 6.32. The molecule has 0 fully saturated rings. The number of rotatable bonds is 9. The van der Waals surface area contributed by atoms with Gasteiger partial charge in [0.1, 0.15) is 11.5 Å². The average molecular weight is 634 g/mol. The predicted octanol–water partition coefficient (Wildman–Crippen LogP) is 11.4. The van der Waals surface area contributed by atoms with Gasteiger partial charge in [-0.1, -0.05) is 102 Å². The quantitative estimate of drug-likeness (QED) is 0.161. The minimum atomic E-state index is -0.635. The van der Waals surface area contributed by atoms with Crippen molar-refractivity contribution < 1.29 is 4.74 Å². The van der Waals surface area contributed by atoms with Gasteiger partial charge in [0.2, 0.25) is 0 Å². The number of fused-ring (bicyclic) bond motifs is 3. The van der Waals surface area contributed by atoms with Crippen LogP contribution >= 0.6 is 0 Å². The number of ether oxygens (including phenoxy) is 1. The van der Waals surface area contributed by atoms with Gasteiger partial charge < -0.3 is 10.5 Å². The van der Waals surface area contributed by atoms with Gasteiger partial charge in [0.25, 0.3) is 0 Å². The molecule has 0 spiro atoms. The first-order chi connectivity index (χ1) is 23.0. The minimum Gasteiger partial charge on any atom is -0.457 e. The smallest absolute Gasteiger partial charge is 0.129 e. The van der Waals surface area contributed by atoms with Crippen LogP contribution in [-0.4, -0.2) is 10.7 Å². The molecule has 4 heteroatoms. The highest BCUT2D eigenvalue weighted by Crippen LogP contribution is 2.57. The molecule has 0 radical (unpaired) electrons. The van der Waals surface area contributed by atoms with Gasteiger partial charge in [-0.3, -0.25) is 9.98 Å². The molecule has 0 bridgehead atoms. The number of benzene rings is 4. The lowest BCUT2D eigenvalue weighted by molar-refractivity contribution is 0.481. The third-order valence-electron chi connectivity index (χ3n) is 9.43. The van der Waals surface area contributed by atoms with Crippen molar-refractivity contribution in [2.45, 2.75) is 78.1 Å². The van der Waals surface area contributed by atoms with Crippen molar-refractivity contribution in [3.05, 3.63) is 155 Å². The highest BCUT2D eigenvalue weighted by molar-refractivity contribution is 5.95. The predicted molar refractivity (Wildman–Crippen MR) is 201 cm³/mol. The van der Waals surface area contributed by atoms with Crippen LogP contribution in [0, 0.1) is 0 Å². The topological polar surface area (TPSA) is 60.5 Å². The van der Waals surface area contributed by atoms with E-state index in [1.807, 2.05) is 62.5 Å². The first-order valence-corrected chi connectivity index (χ1v) is 17.1. The number of nitrogens with two attached hydrogens (primary N) is 1. The second-order valence-corrected chi connectivity index (χ2v) is 14.2. The number of hydrogen-bond donors (Lipinski definition) is 1. The number of nitrogens with zero attached hydrogens (tertiary/aromatic N) is 2. The Morgan fingerprint density at radius 3 is 2.25 bits per heavy atom. The van der Waals surface area contributed by atoms with E-state index in [9.17, 15) is 0 Å². The number of aliphatic imine (C=N–C) groups is 1. The molecule has 2 unspecified atom stereocenters. The second kappa shape index (κ2) is 13.3. The molecule has 0 aliphatic heterocycles. The van der Waals surface area contributed by atoms with Gasteiger partial charge >= 0.3 is 0 Å². The van der Waals surface area contributed by atoms with Crippen molar-refractivity contribution >= 4 is 11.4 Å². The molecule has 6 rings (SSSR count). The van der Waals surface area contributed by atoms with Crippen LogP contribution in [-0.2, 0) is 10.8 Å². The SMILES string of the molecule is CCCC(C)c1ccc2c(c1)C(c1cccc(Oc3cccc(N=C(C)C=C(C)N)c3)c1)(c1ccccn1)c1cc(C(C)(C)C)ccc1-2. The molecule has 48 heavy (non-hydrogen) atoms. The van der Waals surface area contributed by atoms with Gasteiger partial charge in [-0.15, -0.1) is 0 Å². The van der Waals surface area contributed by atoms with Crippen molar-refractivity contribution in [2.24, 2.45) is 10.7 Å². The van der Waals surface area contributed by atoms with E-state index in [1.54, 1.807) is 0 Å². The molecule has 0 saturated carbocycles. The Balaban J connectivity index is 1.56. The Morgan fingerprint density at radius 2 is 1.56 bits per heavy atom. The molecule has 0 saturated heterocycles. The van der Waals surface area contributed by atoms with Crippen LogP contribution in [0.1, 0.15) is 101 Å². The summed E-state index contributed by atoms with van der Waals surface area (Å²) in [5, 5.41) is 0. The monoisotopic (exact) mass is 633 g/mol. The fraction of sp³-hybridized carbons (Fsp3) is 0.273. The zero-order chi connectivity index (χ0) is 34.1. The Bertz CT molecular complexity index is 2000. The largest absolute Gasteiger partial charge is 0.457 e. The van der Waals surface area contributed by atoms with Crippen molar-refractivity contribution in [3.63, 3.8) is 0 Å². The van der Waals surface area contributed by atoms with Crippen LogP contribution in [0.4, 0.5) is 5.69 Å². The lowest BCUT2D eigenvalue weighted by Crippen LogP contribution is -2.30. The molecular formula is C44H47N3O. The summed E-state index contributed by atoms with van der Waals surface area (Å²) in [5.74, 6) is 1.93. The van der Waals surface area contributed by atoms with Crippen LogP contribution in [0.3, 0.4) is 0 Å². The lowest BCUT2D eigenvalue weighted by atomic mass is 9.68. The first-order valence-electron chi connectivity index (χ1n) is 17.1. The molecule has 0 amide bonds. The van der Waals surface area contributed by atoms with Crippen molar-refractivity contribution in [1.29, 1.82) is 0 Å². The summed E-state index contributed by atoms with van der Waals surface area (Å²) in [6.45, 7) is 15.3. The van der Waals surface area contributed by atoms with Crippen LogP contribution in [0.25, 0.3) is 11.1 Å². The number of pyridine rings is 1. The normalized spacial score (nSPS) is 16.7. The molecule has 2 atom stereocenters. The molecule has 1 aliphatic rings. The van der Waals surface area contributed by atoms with Crippen LogP contribution in [0.5, 0.6) is 11.5 Å². The Kier molecular flexibility index (Phi) is 9.11. The van der Waals surface area contributed by atoms with E-state index in [0.717, 1.165) is 52.7 Å². The van der Waals surface area contributed by atoms with Crippen LogP contribution in [0.15, 0.2) is 126 Å². The van der Waals surface area contributed by atoms with E-state index < -0.39 is 5.41 Å². The maximum Gasteiger partial charge on any atom is 0.129 e. The molecule has 5 aromatic rings. The van der Waals surface area contributed by atoms with E-state index in [-0.39, 0.29) is 5.41 Å². The Morgan fingerprint density at radius 1 is 0.854 bits per heavy atom. The van der Waals surface area contributed by atoms with Crippen molar-refractivity contribution in [2.75, 3.05) is 0 Å². The minimum absolute atomic E-state index is 0.0179. The van der Waals surface area contributed by atoms with Gasteiger partial charge in [0.05, 0.1) is 16.8 Å². The number of aromatic nitrogens is 1. The summed E-state index contributed by atoms with van der Waals surface area (Å²) >= 11 is 0. The van der Waals surface area contributed by atoms with Crippen LogP contribution in [0.2, 0.25) is 0 Å². The first kappa shape index (κ1) is 33.0. The average Bonchev–Trinajstić information content (AvgIpc) is 3.34. The summed E-state index contributed by atoms with van der Waals surface area (Å²) in [5.41, 5.74) is 17.4. The highest BCUT2D eigenvalue weighted by atomic mass is 16.5. The van der Waals surface area contributed by atoms with Crippen molar-refractivity contribution in [1.82, 2.24) is 4.98 Å². The summed E-state index contributed by atoms with van der Waals surface area (Å²) in [6.07, 6.45) is 6.07. The highest BCUT2D eigenvalue weighted by Gasteiger charge is 2.48. The van der Waals surface area contributed by atoms with E-state index in [1.165, 1.54) is 33.4 Å². The summed E-state index contributed by atoms with van der Waals surface area (Å²) in [4.78, 5) is 9.83. The fourth-order valence-electron chi connectivity index (χ4n) is 7.14. The third-order valence-corrected chi connectivity index (χ3v) is 9.43. The van der Waals surface area contributed by atoms with E-state index in [2.05, 4.69) is 101 Å². The van der Waals surface area contributed by atoms with Crippen molar-refractivity contribution in [3.8, 4) is 22.6 Å². The standard InChI is InChI=1S/C44H47N3O/c1-8-13-29(2)32-19-21-38-39-22-20-33(43(5,6)7)27-41(39)44(40(38)25-32,42-18-9-10-23-46-42)34-14-11-16-36(26-34)48-37-17-12-15-35(28-37)47-31(4)24-30(3)45/h9-12,14-29H,8,13,45H2,1-7H3. The van der Waals surface area contributed by atoms with Gasteiger partial charge in [-0.05, 0) is 113 Å². The second-order valence-electron chi connectivity index (χ2n) is 14.2. The summed E-state index contributed by atoms with van der Waals surface area (Å²) < 4.78 is 6.58. The van der Waals surface area contributed by atoms with E-state index in [0.29, 0.717) is 5.92 Å². The number of hydrogen-bond acceptors (Lipinski definition) is 4. The van der Waals surface area contributed by atoms with E-state index >= 15 is 0 Å². The number of allylic oxidation sites excluding steroid dienone is 2. The van der Waals surface area contributed by atoms with Gasteiger partial charge in [-0.25, -0.2) is 0 Å². The molecule has 1 heterocycles. The molecule has 2 N–H and O–H groups in total. The zero-order valence-corrected chi connectivity index (χ0v) is 29.3. The fourth-order valence-corrected chi connectivity index (χ4v) is 7.14. The van der Waals surface area contributed by atoms with Crippen LogP contribution < -0.4 is 10.5 Å². The lowest BCUT2D eigenvalue weighted by Gasteiger charge is -2.34. The van der Waals surface area contributed by atoms with Gasteiger partial charge in [0, 0.05) is 23.7 Å². The molecule has 1 aromatic heterocycles. The van der Waals surface area contributed by atoms with Gasteiger partial charge in [-0.2, -0.15) is 0 Å². The van der Waals surface area contributed by atoms with Gasteiger partial charge in [0.15, 0.2) is 0 Å². The summed E-state index contributed by atoms with van der Waals surface area (Å²) in [6, 6.07) is 36.9. The molecule has 244 valence electrons.